The molecule has 0 radical (unpaired) electrons. The fourth-order valence-corrected chi connectivity index (χ4v) is 2.80. The zero-order chi connectivity index (χ0) is 15.3. The summed E-state index contributed by atoms with van der Waals surface area (Å²) in [4.78, 5) is 26.7. The molecule has 0 aromatic heterocycles. The molecular weight excluding hydrogens is 280 g/mol. The lowest BCUT2D eigenvalue weighted by molar-refractivity contribution is -0.142. The number of hydrogen-bond donors (Lipinski definition) is 1. The number of urea groups is 1. The summed E-state index contributed by atoms with van der Waals surface area (Å²) in [6.45, 7) is 2.46. The zero-order valence-electron chi connectivity index (χ0n) is 12.5. The number of hydrogen-bond acceptors (Lipinski definition) is 4. The molecule has 20 heavy (non-hydrogen) atoms. The minimum Gasteiger partial charge on any atom is -0.481 e. The first-order valence-corrected chi connectivity index (χ1v) is 8.08. The van der Waals surface area contributed by atoms with Gasteiger partial charge in [-0.1, -0.05) is 0 Å². The number of rotatable bonds is 6. The van der Waals surface area contributed by atoms with E-state index in [0.29, 0.717) is 0 Å². The Morgan fingerprint density at radius 1 is 1.40 bits per heavy atom. The molecule has 0 aromatic carbocycles. The summed E-state index contributed by atoms with van der Waals surface area (Å²) in [7, 11) is 3.41. The Hall–Kier alpha value is -0.950. The van der Waals surface area contributed by atoms with Crippen molar-refractivity contribution in [2.45, 2.75) is 25.4 Å². The molecule has 1 fully saturated rings. The molecule has 1 aliphatic rings. The van der Waals surface area contributed by atoms with Gasteiger partial charge in [-0.15, -0.1) is 0 Å². The summed E-state index contributed by atoms with van der Waals surface area (Å²) in [6.07, 6.45) is 2.95. The van der Waals surface area contributed by atoms with E-state index in [1.165, 1.54) is 4.90 Å². The lowest BCUT2D eigenvalue weighted by atomic mass is 10.0. The number of amides is 2. The van der Waals surface area contributed by atoms with E-state index >= 15 is 0 Å². The summed E-state index contributed by atoms with van der Waals surface area (Å²) in [5.74, 6) is -0.559. The molecule has 0 saturated carbocycles. The van der Waals surface area contributed by atoms with E-state index < -0.39 is 17.9 Å². The van der Waals surface area contributed by atoms with Gasteiger partial charge in [-0.25, -0.2) is 4.79 Å². The van der Waals surface area contributed by atoms with Crippen LogP contribution in [0.1, 0.15) is 13.3 Å². The van der Waals surface area contributed by atoms with Crippen LogP contribution in [-0.4, -0.2) is 78.3 Å². The molecule has 0 spiro atoms. The maximum atomic E-state index is 12.4. The summed E-state index contributed by atoms with van der Waals surface area (Å²) in [6, 6.07) is -0.418. The van der Waals surface area contributed by atoms with Gasteiger partial charge in [0.05, 0.1) is 19.3 Å². The van der Waals surface area contributed by atoms with Crippen LogP contribution in [-0.2, 0) is 9.53 Å². The Kier molecular flexibility index (Phi) is 6.61. The summed E-state index contributed by atoms with van der Waals surface area (Å²) < 4.78 is 5.21. The molecule has 1 rings (SSSR count). The van der Waals surface area contributed by atoms with Gasteiger partial charge in [-0.2, -0.15) is 11.8 Å². The lowest BCUT2D eigenvalue weighted by Gasteiger charge is -2.33. The quantitative estimate of drug-likeness (QED) is 0.799. The number of thioether (sulfide) groups is 1. The first-order chi connectivity index (χ1) is 9.40. The second-order valence-corrected chi connectivity index (χ2v) is 6.17. The highest BCUT2D eigenvalue weighted by atomic mass is 32.2. The van der Waals surface area contributed by atoms with E-state index in [-0.39, 0.29) is 25.3 Å². The van der Waals surface area contributed by atoms with Crippen LogP contribution in [0.25, 0.3) is 0 Å². The van der Waals surface area contributed by atoms with Crippen molar-refractivity contribution in [2.75, 3.05) is 39.3 Å². The Labute approximate surface area is 124 Å². The molecule has 0 bridgehead atoms. The molecular formula is C13H24N2O4S. The largest absolute Gasteiger partial charge is 0.481 e. The van der Waals surface area contributed by atoms with Crippen LogP contribution in [0.4, 0.5) is 4.79 Å². The molecule has 3 unspecified atom stereocenters. The second-order valence-electron chi connectivity index (χ2n) is 5.18. The van der Waals surface area contributed by atoms with Gasteiger partial charge in [0.15, 0.2) is 0 Å². The number of ether oxygens (including phenoxy) is 1. The van der Waals surface area contributed by atoms with Crippen molar-refractivity contribution in [3.05, 3.63) is 0 Å². The van der Waals surface area contributed by atoms with Gasteiger partial charge in [-0.3, -0.25) is 4.79 Å². The van der Waals surface area contributed by atoms with Gasteiger partial charge in [0, 0.05) is 20.1 Å². The maximum absolute atomic E-state index is 12.4. The maximum Gasteiger partial charge on any atom is 0.320 e. The minimum absolute atomic E-state index is 0.128. The number of carboxylic acid groups (broad SMARTS) is 1. The van der Waals surface area contributed by atoms with Crippen LogP contribution in [0.5, 0.6) is 0 Å². The Morgan fingerprint density at radius 2 is 2.05 bits per heavy atom. The van der Waals surface area contributed by atoms with E-state index in [2.05, 4.69) is 0 Å². The van der Waals surface area contributed by atoms with Gasteiger partial charge in [0.2, 0.25) is 0 Å². The lowest BCUT2D eigenvalue weighted by Crippen LogP contribution is -2.51. The molecule has 7 heteroatoms. The third-order valence-corrected chi connectivity index (χ3v) is 4.51. The summed E-state index contributed by atoms with van der Waals surface area (Å²) >= 11 is 1.75. The van der Waals surface area contributed by atoms with E-state index in [1.54, 1.807) is 30.8 Å². The van der Waals surface area contributed by atoms with E-state index in [0.717, 1.165) is 12.2 Å². The van der Waals surface area contributed by atoms with Gasteiger partial charge in [-0.05, 0) is 25.4 Å². The number of nitrogens with zero attached hydrogens (tertiary/aromatic N) is 2. The normalized spacial score (nSPS) is 23.4. The monoisotopic (exact) mass is 304 g/mol. The third kappa shape index (κ3) is 4.02. The van der Waals surface area contributed by atoms with E-state index in [4.69, 9.17) is 9.84 Å². The van der Waals surface area contributed by atoms with Crippen molar-refractivity contribution >= 4 is 23.8 Å². The number of aliphatic carboxylic acids is 1. The van der Waals surface area contributed by atoms with Crippen molar-refractivity contribution in [3.8, 4) is 0 Å². The standard InChI is InChI=1S/C13H24N2O4S/c1-9(5-6-20-4)14(2)13(18)15(3)11-8-19-7-10(11)12(16)17/h9-11H,5-8H2,1-4H3,(H,16,17). The highest BCUT2D eigenvalue weighted by Crippen LogP contribution is 2.20. The van der Waals surface area contributed by atoms with Crippen LogP contribution < -0.4 is 0 Å². The van der Waals surface area contributed by atoms with Crippen LogP contribution in [0.3, 0.4) is 0 Å². The zero-order valence-corrected chi connectivity index (χ0v) is 13.4. The number of carbonyl (C=O) groups excluding carboxylic acids is 1. The highest BCUT2D eigenvalue weighted by Gasteiger charge is 2.39. The molecule has 6 nitrogen and oxygen atoms in total. The molecule has 1 aliphatic heterocycles. The predicted molar refractivity (Wildman–Crippen MR) is 79.1 cm³/mol. The van der Waals surface area contributed by atoms with E-state index in [9.17, 15) is 9.59 Å². The average Bonchev–Trinajstić information content (AvgIpc) is 2.91. The first kappa shape index (κ1) is 17.1. The molecule has 0 aromatic rings. The summed E-state index contributed by atoms with van der Waals surface area (Å²) in [5, 5.41) is 9.14. The smallest absolute Gasteiger partial charge is 0.320 e. The van der Waals surface area contributed by atoms with Crippen LogP contribution in [0.15, 0.2) is 0 Å². The van der Waals surface area contributed by atoms with E-state index in [1.807, 2.05) is 13.2 Å². The minimum atomic E-state index is -0.912. The van der Waals surface area contributed by atoms with Gasteiger partial charge in [0.25, 0.3) is 0 Å². The van der Waals surface area contributed by atoms with Crippen molar-refractivity contribution < 1.29 is 19.4 Å². The Balaban J connectivity index is 2.63. The van der Waals surface area contributed by atoms with Crippen LogP contribution in [0.2, 0.25) is 0 Å². The fraction of sp³-hybridized carbons (Fsp3) is 0.846. The van der Waals surface area contributed by atoms with Gasteiger partial charge in [0.1, 0.15) is 5.92 Å². The van der Waals surface area contributed by atoms with Crippen molar-refractivity contribution in [1.29, 1.82) is 0 Å². The second kappa shape index (κ2) is 7.73. The third-order valence-electron chi connectivity index (χ3n) is 3.87. The van der Waals surface area contributed by atoms with Crippen LogP contribution >= 0.6 is 11.8 Å². The topological polar surface area (TPSA) is 70.1 Å². The summed E-state index contributed by atoms with van der Waals surface area (Å²) in [5.41, 5.74) is 0. The molecule has 3 atom stereocenters. The Bertz CT molecular complexity index is 353. The van der Waals surface area contributed by atoms with Crippen molar-refractivity contribution in [2.24, 2.45) is 5.92 Å². The first-order valence-electron chi connectivity index (χ1n) is 6.69. The molecule has 2 amide bonds. The number of likely N-dealkylation sites (N-methyl/N-ethyl adjacent to an activating group) is 1. The highest BCUT2D eigenvalue weighted by molar-refractivity contribution is 7.98. The molecule has 1 saturated heterocycles. The molecule has 1 N–H and O–H groups in total. The number of carbonyl (C=O) groups is 2. The van der Waals surface area contributed by atoms with Crippen LogP contribution in [0, 0.1) is 5.92 Å². The molecule has 116 valence electrons. The van der Waals surface area contributed by atoms with Crippen molar-refractivity contribution in [1.82, 2.24) is 9.80 Å². The average molecular weight is 304 g/mol. The molecule has 0 aliphatic carbocycles. The fourth-order valence-electron chi connectivity index (χ4n) is 2.22. The van der Waals surface area contributed by atoms with Gasteiger partial charge >= 0.3 is 12.0 Å². The van der Waals surface area contributed by atoms with Gasteiger partial charge < -0.3 is 19.6 Å². The number of carboxylic acids is 1. The molecule has 1 heterocycles. The Morgan fingerprint density at radius 3 is 2.60 bits per heavy atom. The predicted octanol–water partition coefficient (Wildman–Crippen LogP) is 1.21. The van der Waals surface area contributed by atoms with Crippen molar-refractivity contribution in [3.63, 3.8) is 0 Å². The SMILES string of the molecule is CSCCC(C)N(C)C(=O)N(C)C1COCC1C(=O)O.